The highest BCUT2D eigenvalue weighted by Gasteiger charge is 2.44. The number of rotatable bonds is 5. The maximum atomic E-state index is 14.0. The Morgan fingerprint density at radius 3 is 2.12 bits per heavy atom. The molecule has 0 bridgehead atoms. The van der Waals surface area contributed by atoms with E-state index in [1.54, 1.807) is 36.4 Å². The molecule has 3 aromatic carbocycles. The molecule has 4 rings (SSSR count). The Kier molecular flexibility index (Phi) is 6.38. The van der Waals surface area contributed by atoms with Gasteiger partial charge in [-0.1, -0.05) is 59.6 Å². The number of sulfonamides is 1. The molecule has 0 radical (unpaired) electrons. The van der Waals surface area contributed by atoms with Crippen molar-refractivity contribution in [2.75, 3.05) is 0 Å². The third-order valence-corrected chi connectivity index (χ3v) is 7.84. The molecule has 8 heteroatoms. The molecular formula is C25H21ClFNO4S. The summed E-state index contributed by atoms with van der Waals surface area (Å²) in [5.41, 5.74) is 1.87. The minimum atomic E-state index is -4.16. The van der Waals surface area contributed by atoms with Crippen LogP contribution in [0.4, 0.5) is 4.39 Å². The Morgan fingerprint density at radius 1 is 0.970 bits per heavy atom. The van der Waals surface area contributed by atoms with Crippen molar-refractivity contribution in [3.8, 4) is 0 Å². The van der Waals surface area contributed by atoms with E-state index in [2.05, 4.69) is 0 Å². The summed E-state index contributed by atoms with van der Waals surface area (Å²) in [7, 11) is -4.16. The van der Waals surface area contributed by atoms with E-state index in [0.717, 1.165) is 5.56 Å². The average Bonchev–Trinajstić information content (AvgIpc) is 2.79. The minimum Gasteiger partial charge on any atom is -0.478 e. The summed E-state index contributed by atoms with van der Waals surface area (Å²) >= 11 is 6.03. The SMILES string of the molecule is Cc1ccc(S(=O)(=O)N2[C@@H](c3ccc(Cl)cc3)C(C(=O)O)=CC[C@H]2c2ccc(F)cc2)cc1. The van der Waals surface area contributed by atoms with E-state index in [1.807, 2.05) is 6.92 Å². The predicted molar refractivity (Wildman–Crippen MR) is 124 cm³/mol. The Labute approximate surface area is 196 Å². The summed E-state index contributed by atoms with van der Waals surface area (Å²) in [5, 5.41) is 10.4. The van der Waals surface area contributed by atoms with Gasteiger partial charge in [-0.25, -0.2) is 17.6 Å². The Bertz CT molecular complexity index is 1300. The van der Waals surface area contributed by atoms with Gasteiger partial charge in [0.2, 0.25) is 10.0 Å². The molecule has 170 valence electrons. The molecule has 1 heterocycles. The first-order valence-corrected chi connectivity index (χ1v) is 12.0. The number of benzene rings is 3. The highest BCUT2D eigenvalue weighted by Crippen LogP contribution is 2.45. The lowest BCUT2D eigenvalue weighted by Gasteiger charge is -2.40. The molecule has 1 aliphatic heterocycles. The Balaban J connectivity index is 1.96. The first-order chi connectivity index (χ1) is 15.7. The van der Waals surface area contributed by atoms with Crippen LogP contribution in [0.25, 0.3) is 0 Å². The number of carbonyl (C=O) groups is 1. The van der Waals surface area contributed by atoms with Gasteiger partial charge in [-0.15, -0.1) is 0 Å². The van der Waals surface area contributed by atoms with Crippen LogP contribution in [0.1, 0.15) is 35.2 Å². The second-order valence-electron chi connectivity index (χ2n) is 7.87. The van der Waals surface area contributed by atoms with E-state index >= 15 is 0 Å². The summed E-state index contributed by atoms with van der Waals surface area (Å²) in [5.74, 6) is -1.66. The third kappa shape index (κ3) is 4.57. The molecule has 0 saturated heterocycles. The van der Waals surface area contributed by atoms with Gasteiger partial charge in [-0.05, 0) is 60.9 Å². The molecular weight excluding hydrogens is 465 g/mol. The fraction of sp³-hybridized carbons (Fsp3) is 0.160. The van der Waals surface area contributed by atoms with Crippen LogP contribution in [0.5, 0.6) is 0 Å². The van der Waals surface area contributed by atoms with Crippen molar-refractivity contribution in [1.82, 2.24) is 4.31 Å². The molecule has 3 aromatic rings. The van der Waals surface area contributed by atoms with Crippen molar-refractivity contribution in [3.63, 3.8) is 0 Å². The van der Waals surface area contributed by atoms with E-state index in [0.29, 0.717) is 16.1 Å². The summed E-state index contributed by atoms with van der Waals surface area (Å²) < 4.78 is 42.8. The molecule has 2 atom stereocenters. The minimum absolute atomic E-state index is 0.0470. The van der Waals surface area contributed by atoms with Crippen molar-refractivity contribution in [2.45, 2.75) is 30.3 Å². The zero-order valence-corrected chi connectivity index (χ0v) is 19.2. The summed E-state index contributed by atoms with van der Waals surface area (Å²) in [6.45, 7) is 1.85. The normalized spacial score (nSPS) is 19.2. The topological polar surface area (TPSA) is 74.7 Å². The van der Waals surface area contributed by atoms with Gasteiger partial charge >= 0.3 is 5.97 Å². The molecule has 5 nitrogen and oxygen atoms in total. The van der Waals surface area contributed by atoms with Gasteiger partial charge in [0.1, 0.15) is 5.82 Å². The van der Waals surface area contributed by atoms with Crippen LogP contribution in [0, 0.1) is 12.7 Å². The van der Waals surface area contributed by atoms with Gasteiger partial charge < -0.3 is 5.11 Å². The van der Waals surface area contributed by atoms with Crippen molar-refractivity contribution in [1.29, 1.82) is 0 Å². The lowest BCUT2D eigenvalue weighted by molar-refractivity contribution is -0.133. The quantitative estimate of drug-likeness (QED) is 0.505. The lowest BCUT2D eigenvalue weighted by atomic mass is 9.89. The number of carboxylic acids is 1. The van der Waals surface area contributed by atoms with Gasteiger partial charge in [0.05, 0.1) is 22.6 Å². The zero-order valence-electron chi connectivity index (χ0n) is 17.7. The van der Waals surface area contributed by atoms with E-state index < -0.39 is 33.9 Å². The van der Waals surface area contributed by atoms with Gasteiger partial charge in [0, 0.05) is 5.02 Å². The van der Waals surface area contributed by atoms with Crippen LogP contribution in [-0.4, -0.2) is 23.8 Å². The third-order valence-electron chi connectivity index (χ3n) is 5.70. The average molecular weight is 486 g/mol. The van der Waals surface area contributed by atoms with Crippen LogP contribution in [0.3, 0.4) is 0 Å². The van der Waals surface area contributed by atoms with Crippen LogP contribution in [0.2, 0.25) is 5.02 Å². The van der Waals surface area contributed by atoms with Gasteiger partial charge in [-0.2, -0.15) is 4.31 Å². The number of aryl methyl sites for hydroxylation is 1. The van der Waals surface area contributed by atoms with Crippen molar-refractivity contribution < 1.29 is 22.7 Å². The van der Waals surface area contributed by atoms with E-state index in [1.165, 1.54) is 46.8 Å². The van der Waals surface area contributed by atoms with Crippen molar-refractivity contribution in [3.05, 3.63) is 112 Å². The summed E-state index contributed by atoms with van der Waals surface area (Å²) in [6.07, 6.45) is 1.67. The fourth-order valence-electron chi connectivity index (χ4n) is 4.05. The second kappa shape index (κ2) is 9.09. The number of hydrogen-bond acceptors (Lipinski definition) is 3. The standard InChI is InChI=1S/C25H21ClFNO4S/c1-16-2-12-21(13-3-16)33(31,32)28-23(17-6-10-20(27)11-7-17)15-14-22(25(29)30)24(28)18-4-8-19(26)9-5-18/h2-14,23-24H,15H2,1H3,(H,29,30)/t23-,24-/m0/s1. The van der Waals surface area contributed by atoms with Crippen molar-refractivity contribution in [2.24, 2.45) is 0 Å². The molecule has 0 saturated carbocycles. The summed E-state index contributed by atoms with van der Waals surface area (Å²) in [6, 6.07) is 16.5. The molecule has 0 fully saturated rings. The number of aliphatic carboxylic acids is 1. The largest absolute Gasteiger partial charge is 0.478 e. The van der Waals surface area contributed by atoms with Crippen LogP contribution >= 0.6 is 11.6 Å². The Morgan fingerprint density at radius 2 is 1.55 bits per heavy atom. The molecule has 0 unspecified atom stereocenters. The highest BCUT2D eigenvalue weighted by molar-refractivity contribution is 7.89. The fourth-order valence-corrected chi connectivity index (χ4v) is 5.96. The number of hydrogen-bond donors (Lipinski definition) is 1. The molecule has 0 amide bonds. The van der Waals surface area contributed by atoms with E-state index in [4.69, 9.17) is 11.6 Å². The highest BCUT2D eigenvalue weighted by atomic mass is 35.5. The molecule has 1 aliphatic rings. The van der Waals surface area contributed by atoms with E-state index in [9.17, 15) is 22.7 Å². The molecule has 33 heavy (non-hydrogen) atoms. The second-order valence-corrected chi connectivity index (χ2v) is 10.1. The molecule has 0 aliphatic carbocycles. The molecule has 0 spiro atoms. The number of halogens is 2. The number of nitrogens with zero attached hydrogens (tertiary/aromatic N) is 1. The molecule has 0 aromatic heterocycles. The zero-order chi connectivity index (χ0) is 23.8. The maximum Gasteiger partial charge on any atom is 0.333 e. The molecule has 1 N–H and O–H groups in total. The van der Waals surface area contributed by atoms with Crippen LogP contribution < -0.4 is 0 Å². The maximum absolute atomic E-state index is 14.0. The van der Waals surface area contributed by atoms with Crippen molar-refractivity contribution >= 4 is 27.6 Å². The van der Waals surface area contributed by atoms with Crippen LogP contribution in [0.15, 0.2) is 89.3 Å². The first-order valence-electron chi connectivity index (χ1n) is 10.2. The van der Waals surface area contributed by atoms with Crippen LogP contribution in [-0.2, 0) is 14.8 Å². The lowest BCUT2D eigenvalue weighted by Crippen LogP contribution is -2.42. The van der Waals surface area contributed by atoms with Gasteiger partial charge in [0.15, 0.2) is 0 Å². The smallest absolute Gasteiger partial charge is 0.333 e. The van der Waals surface area contributed by atoms with Gasteiger partial charge in [-0.3, -0.25) is 0 Å². The summed E-state index contributed by atoms with van der Waals surface area (Å²) in [4.78, 5) is 12.2. The van der Waals surface area contributed by atoms with Gasteiger partial charge in [0.25, 0.3) is 0 Å². The number of carboxylic acid groups (broad SMARTS) is 1. The first kappa shape index (κ1) is 23.2. The Hall–Kier alpha value is -3.00. The predicted octanol–water partition coefficient (Wildman–Crippen LogP) is 5.68. The van der Waals surface area contributed by atoms with E-state index in [-0.39, 0.29) is 16.9 Å². The monoisotopic (exact) mass is 485 g/mol.